The molecule has 0 atom stereocenters. The number of aliphatic carboxylic acids is 1. The molecule has 0 radical (unpaired) electrons. The summed E-state index contributed by atoms with van der Waals surface area (Å²) in [5.74, 6) is -0.978. The third-order valence-corrected chi connectivity index (χ3v) is 5.83. The molecular weight excluding hydrogens is 339 g/mol. The SMILES string of the molecule is CN(CC(=O)O)C1CCN(Cc2ccc(-c3cccc(F)c3)s2)CC1. The fourth-order valence-corrected chi connectivity index (χ4v) is 4.39. The molecule has 0 spiro atoms. The highest BCUT2D eigenvalue weighted by Crippen LogP contribution is 2.30. The number of carbonyl (C=O) groups is 1. The van der Waals surface area contributed by atoms with Crippen molar-refractivity contribution in [2.24, 2.45) is 0 Å². The van der Waals surface area contributed by atoms with Crippen molar-refractivity contribution in [1.82, 2.24) is 9.80 Å². The van der Waals surface area contributed by atoms with Gasteiger partial charge in [-0.3, -0.25) is 14.6 Å². The maximum Gasteiger partial charge on any atom is 0.317 e. The Morgan fingerprint density at radius 3 is 2.76 bits per heavy atom. The zero-order valence-corrected chi connectivity index (χ0v) is 15.1. The molecule has 25 heavy (non-hydrogen) atoms. The topological polar surface area (TPSA) is 43.8 Å². The van der Waals surface area contributed by atoms with Gasteiger partial charge in [-0.2, -0.15) is 0 Å². The Balaban J connectivity index is 1.54. The van der Waals surface area contributed by atoms with Gasteiger partial charge in [0.2, 0.25) is 0 Å². The minimum Gasteiger partial charge on any atom is -0.480 e. The van der Waals surface area contributed by atoms with E-state index in [0.717, 1.165) is 42.9 Å². The fraction of sp³-hybridized carbons (Fsp3) is 0.421. The molecule has 1 saturated heterocycles. The van der Waals surface area contributed by atoms with Crippen molar-refractivity contribution >= 4 is 17.3 Å². The molecular formula is C19H23FN2O2S. The van der Waals surface area contributed by atoms with Crippen LogP contribution in [0.25, 0.3) is 10.4 Å². The summed E-state index contributed by atoms with van der Waals surface area (Å²) in [4.78, 5) is 17.5. The van der Waals surface area contributed by atoms with Crippen molar-refractivity contribution in [2.75, 3.05) is 26.7 Å². The number of thiophene rings is 1. The fourth-order valence-electron chi connectivity index (χ4n) is 3.34. The highest BCUT2D eigenvalue weighted by Gasteiger charge is 2.23. The van der Waals surface area contributed by atoms with E-state index in [9.17, 15) is 9.18 Å². The van der Waals surface area contributed by atoms with E-state index >= 15 is 0 Å². The highest BCUT2D eigenvalue weighted by molar-refractivity contribution is 7.15. The van der Waals surface area contributed by atoms with Crippen molar-refractivity contribution < 1.29 is 14.3 Å². The first-order valence-electron chi connectivity index (χ1n) is 8.50. The first kappa shape index (κ1) is 18.0. The average molecular weight is 362 g/mol. The quantitative estimate of drug-likeness (QED) is 0.854. The number of likely N-dealkylation sites (N-methyl/N-ethyl adjacent to an activating group) is 1. The van der Waals surface area contributed by atoms with Gasteiger partial charge in [0.15, 0.2) is 0 Å². The zero-order chi connectivity index (χ0) is 17.8. The molecule has 1 N–H and O–H groups in total. The van der Waals surface area contributed by atoms with E-state index in [1.807, 2.05) is 18.0 Å². The Morgan fingerprint density at radius 2 is 2.08 bits per heavy atom. The van der Waals surface area contributed by atoms with Gasteiger partial charge in [-0.1, -0.05) is 12.1 Å². The molecule has 0 unspecified atom stereocenters. The molecule has 134 valence electrons. The number of hydrogen-bond acceptors (Lipinski definition) is 4. The van der Waals surface area contributed by atoms with E-state index in [0.29, 0.717) is 6.04 Å². The third kappa shape index (κ3) is 4.87. The van der Waals surface area contributed by atoms with Gasteiger partial charge < -0.3 is 5.11 Å². The second-order valence-corrected chi connectivity index (χ2v) is 7.76. The summed E-state index contributed by atoms with van der Waals surface area (Å²) in [6.45, 7) is 2.95. The predicted octanol–water partition coefficient (Wildman–Crippen LogP) is 3.54. The summed E-state index contributed by atoms with van der Waals surface area (Å²) in [6, 6.07) is 11.2. The molecule has 1 aromatic carbocycles. The lowest BCUT2D eigenvalue weighted by Gasteiger charge is -2.35. The van der Waals surface area contributed by atoms with Gasteiger partial charge in [-0.25, -0.2) is 4.39 Å². The standard InChI is InChI=1S/C19H23FN2O2S/c1-21(13-19(23)24)16-7-9-22(10-8-16)12-17-5-6-18(25-17)14-3-2-4-15(20)11-14/h2-6,11,16H,7-10,12-13H2,1H3,(H,23,24). The molecule has 1 aromatic heterocycles. The molecule has 2 heterocycles. The van der Waals surface area contributed by atoms with Gasteiger partial charge in [0.1, 0.15) is 5.82 Å². The van der Waals surface area contributed by atoms with E-state index < -0.39 is 5.97 Å². The van der Waals surface area contributed by atoms with Gasteiger partial charge in [-0.15, -0.1) is 11.3 Å². The van der Waals surface area contributed by atoms with Crippen LogP contribution in [-0.4, -0.2) is 53.6 Å². The number of piperidine rings is 1. The normalized spacial score (nSPS) is 16.4. The van der Waals surface area contributed by atoms with Gasteiger partial charge in [0.25, 0.3) is 0 Å². The maximum absolute atomic E-state index is 13.4. The molecule has 4 nitrogen and oxygen atoms in total. The Labute approximate surface area is 151 Å². The van der Waals surface area contributed by atoms with Crippen LogP contribution in [0.5, 0.6) is 0 Å². The number of hydrogen-bond donors (Lipinski definition) is 1. The van der Waals surface area contributed by atoms with Crippen LogP contribution < -0.4 is 0 Å². The monoisotopic (exact) mass is 362 g/mol. The van der Waals surface area contributed by atoms with Crippen LogP contribution in [0.3, 0.4) is 0 Å². The molecule has 2 aromatic rings. The second kappa shape index (κ2) is 8.08. The summed E-state index contributed by atoms with van der Waals surface area (Å²) in [7, 11) is 1.89. The van der Waals surface area contributed by atoms with Crippen LogP contribution in [0, 0.1) is 5.82 Å². The minimum atomic E-state index is -0.770. The maximum atomic E-state index is 13.4. The van der Waals surface area contributed by atoms with Gasteiger partial charge in [0, 0.05) is 35.4 Å². The van der Waals surface area contributed by atoms with Gasteiger partial charge in [0.05, 0.1) is 6.54 Å². The lowest BCUT2D eigenvalue weighted by molar-refractivity contribution is -0.138. The van der Waals surface area contributed by atoms with Crippen molar-refractivity contribution in [3.63, 3.8) is 0 Å². The Bertz CT molecular complexity index is 726. The van der Waals surface area contributed by atoms with E-state index in [4.69, 9.17) is 5.11 Å². The van der Waals surface area contributed by atoms with Crippen LogP contribution in [-0.2, 0) is 11.3 Å². The minimum absolute atomic E-state index is 0.104. The number of rotatable bonds is 6. The molecule has 1 aliphatic heterocycles. The Kier molecular flexibility index (Phi) is 5.83. The first-order chi connectivity index (χ1) is 12.0. The molecule has 0 amide bonds. The van der Waals surface area contributed by atoms with E-state index in [1.54, 1.807) is 23.5 Å². The Morgan fingerprint density at radius 1 is 1.32 bits per heavy atom. The number of halogens is 1. The summed E-state index contributed by atoms with van der Waals surface area (Å²) in [5, 5.41) is 8.90. The number of benzene rings is 1. The van der Waals surface area contributed by atoms with E-state index in [2.05, 4.69) is 17.0 Å². The van der Waals surface area contributed by atoms with Crippen molar-refractivity contribution in [3.8, 4) is 10.4 Å². The first-order valence-corrected chi connectivity index (χ1v) is 9.32. The molecule has 1 fully saturated rings. The average Bonchev–Trinajstić information content (AvgIpc) is 3.03. The van der Waals surface area contributed by atoms with Crippen LogP contribution in [0.15, 0.2) is 36.4 Å². The highest BCUT2D eigenvalue weighted by atomic mass is 32.1. The Hall–Kier alpha value is -1.76. The lowest BCUT2D eigenvalue weighted by atomic mass is 10.0. The largest absolute Gasteiger partial charge is 0.480 e. The summed E-state index contributed by atoms with van der Waals surface area (Å²) in [5.41, 5.74) is 0.922. The van der Waals surface area contributed by atoms with E-state index in [1.165, 1.54) is 10.9 Å². The van der Waals surface area contributed by atoms with Crippen LogP contribution in [0.2, 0.25) is 0 Å². The smallest absolute Gasteiger partial charge is 0.317 e. The lowest BCUT2D eigenvalue weighted by Crippen LogP contribution is -2.44. The van der Waals surface area contributed by atoms with Crippen LogP contribution in [0.1, 0.15) is 17.7 Å². The van der Waals surface area contributed by atoms with E-state index in [-0.39, 0.29) is 12.4 Å². The van der Waals surface area contributed by atoms with Crippen molar-refractivity contribution in [3.05, 3.63) is 47.1 Å². The number of carboxylic acid groups (broad SMARTS) is 1. The summed E-state index contributed by atoms with van der Waals surface area (Å²) in [6.07, 6.45) is 1.98. The van der Waals surface area contributed by atoms with Gasteiger partial charge >= 0.3 is 5.97 Å². The second-order valence-electron chi connectivity index (χ2n) is 6.59. The number of likely N-dealkylation sites (tertiary alicyclic amines) is 1. The molecule has 0 aliphatic carbocycles. The predicted molar refractivity (Wildman–Crippen MR) is 98.3 cm³/mol. The van der Waals surface area contributed by atoms with Gasteiger partial charge in [-0.05, 0) is 49.7 Å². The summed E-state index contributed by atoms with van der Waals surface area (Å²) >= 11 is 1.71. The molecule has 6 heteroatoms. The van der Waals surface area contributed by atoms with Crippen LogP contribution in [0.4, 0.5) is 4.39 Å². The number of carboxylic acids is 1. The van der Waals surface area contributed by atoms with Crippen molar-refractivity contribution in [2.45, 2.75) is 25.4 Å². The summed E-state index contributed by atoms with van der Waals surface area (Å²) < 4.78 is 13.4. The molecule has 0 saturated carbocycles. The van der Waals surface area contributed by atoms with Crippen LogP contribution >= 0.6 is 11.3 Å². The molecule has 1 aliphatic rings. The number of nitrogens with zero attached hydrogens (tertiary/aromatic N) is 2. The third-order valence-electron chi connectivity index (χ3n) is 4.72. The molecule has 0 bridgehead atoms. The zero-order valence-electron chi connectivity index (χ0n) is 14.3. The van der Waals surface area contributed by atoms with Crippen molar-refractivity contribution in [1.29, 1.82) is 0 Å². The molecule has 3 rings (SSSR count).